The van der Waals surface area contributed by atoms with E-state index < -0.39 is 15.8 Å². The van der Waals surface area contributed by atoms with Crippen molar-refractivity contribution in [2.45, 2.75) is 23.8 Å². The summed E-state index contributed by atoms with van der Waals surface area (Å²) in [5.41, 5.74) is 0. The normalized spacial score (nSPS) is 21.5. The Bertz CT molecular complexity index is 922. The monoisotopic (exact) mass is 467 g/mol. The van der Waals surface area contributed by atoms with Gasteiger partial charge >= 0.3 is 0 Å². The van der Waals surface area contributed by atoms with Crippen LogP contribution in [0.15, 0.2) is 29.2 Å². The van der Waals surface area contributed by atoms with Crippen LogP contribution in [0.2, 0.25) is 0 Å². The number of amides is 2. The molecule has 4 rings (SSSR count). The third-order valence-corrected chi connectivity index (χ3v) is 8.09. The van der Waals surface area contributed by atoms with Gasteiger partial charge in [-0.05, 0) is 37.1 Å². The van der Waals surface area contributed by atoms with Gasteiger partial charge < -0.3 is 10.2 Å². The number of sulfonamides is 1. The van der Waals surface area contributed by atoms with Gasteiger partial charge in [0, 0.05) is 58.4 Å². The lowest BCUT2D eigenvalue weighted by molar-refractivity contribution is -0.134. The predicted octanol–water partition coefficient (Wildman–Crippen LogP) is -0.445. The fourth-order valence-electron chi connectivity index (χ4n) is 4.03. The first kappa shape index (κ1) is 23.1. The first-order valence-electron chi connectivity index (χ1n) is 11.1. The highest BCUT2D eigenvalue weighted by atomic mass is 32.2. The number of rotatable bonds is 7. The van der Waals surface area contributed by atoms with Crippen LogP contribution in [0.5, 0.6) is 0 Å². The van der Waals surface area contributed by atoms with Gasteiger partial charge in [0.05, 0.1) is 18.0 Å². The molecule has 32 heavy (non-hydrogen) atoms. The number of carbonyl (C=O) groups excluding carboxylic acids is 2. The maximum absolute atomic E-state index is 13.1. The topological polar surface area (TPSA) is 93.3 Å². The number of piperazine rings is 2. The Morgan fingerprint density at radius 1 is 0.875 bits per heavy atom. The lowest BCUT2D eigenvalue weighted by atomic mass is 10.3. The molecule has 176 valence electrons. The number of nitrogens with zero attached hydrogens (tertiary/aromatic N) is 4. The Morgan fingerprint density at radius 3 is 2.00 bits per heavy atom. The Balaban J connectivity index is 1.19. The molecular weight excluding hydrogens is 437 g/mol. The van der Waals surface area contributed by atoms with E-state index in [0.29, 0.717) is 32.2 Å². The first-order chi connectivity index (χ1) is 15.3. The fourth-order valence-corrected chi connectivity index (χ4v) is 5.46. The molecule has 1 aromatic carbocycles. The number of hydrogen-bond donors (Lipinski definition) is 1. The zero-order chi connectivity index (χ0) is 22.7. The van der Waals surface area contributed by atoms with Crippen LogP contribution in [0, 0.1) is 5.82 Å². The van der Waals surface area contributed by atoms with Crippen molar-refractivity contribution >= 4 is 21.8 Å². The minimum absolute atomic E-state index is 0.0104. The van der Waals surface area contributed by atoms with Crippen molar-refractivity contribution < 1.29 is 22.4 Å². The Labute approximate surface area is 188 Å². The second kappa shape index (κ2) is 9.82. The van der Waals surface area contributed by atoms with Crippen LogP contribution >= 0.6 is 0 Å². The second-order valence-corrected chi connectivity index (χ2v) is 10.6. The lowest BCUT2D eigenvalue weighted by Crippen LogP contribution is -2.55. The van der Waals surface area contributed by atoms with E-state index in [1.165, 1.54) is 16.4 Å². The standard InChI is InChI=1S/C21H30FN5O4S/c22-17-1-5-19(6-2-17)32(30,31)27-13-11-26(12-14-27)21(29)16-25-9-7-24(8-10-25)15-20(28)23-18-3-4-18/h1-2,5-6,18H,3-4,7-16H2,(H,23,28). The molecule has 0 unspecified atom stereocenters. The summed E-state index contributed by atoms with van der Waals surface area (Å²) in [4.78, 5) is 30.6. The van der Waals surface area contributed by atoms with Crippen LogP contribution in [0.3, 0.4) is 0 Å². The molecule has 1 aromatic rings. The molecule has 2 heterocycles. The van der Waals surface area contributed by atoms with Crippen molar-refractivity contribution in [1.82, 2.24) is 24.3 Å². The van der Waals surface area contributed by atoms with Crippen molar-refractivity contribution in [2.75, 3.05) is 65.4 Å². The maximum Gasteiger partial charge on any atom is 0.243 e. The van der Waals surface area contributed by atoms with Gasteiger partial charge in [0.1, 0.15) is 5.82 Å². The van der Waals surface area contributed by atoms with Crippen molar-refractivity contribution in [2.24, 2.45) is 0 Å². The van der Waals surface area contributed by atoms with E-state index in [4.69, 9.17) is 0 Å². The third kappa shape index (κ3) is 5.83. The predicted molar refractivity (Wildman–Crippen MR) is 116 cm³/mol. The molecule has 1 N–H and O–H groups in total. The van der Waals surface area contributed by atoms with Gasteiger partial charge in [-0.3, -0.25) is 19.4 Å². The van der Waals surface area contributed by atoms with Crippen molar-refractivity contribution in [3.05, 3.63) is 30.1 Å². The molecule has 0 spiro atoms. The number of nitrogens with one attached hydrogen (secondary N) is 1. The maximum atomic E-state index is 13.1. The molecule has 2 amide bonds. The molecular formula is C21H30FN5O4S. The summed E-state index contributed by atoms with van der Waals surface area (Å²) in [6.45, 7) is 4.74. The van der Waals surface area contributed by atoms with Gasteiger partial charge in [-0.2, -0.15) is 4.31 Å². The van der Waals surface area contributed by atoms with Gasteiger partial charge in [0.25, 0.3) is 0 Å². The molecule has 0 radical (unpaired) electrons. The van der Waals surface area contributed by atoms with Gasteiger partial charge in [-0.25, -0.2) is 12.8 Å². The van der Waals surface area contributed by atoms with Crippen LogP contribution in [0.25, 0.3) is 0 Å². The number of hydrogen-bond acceptors (Lipinski definition) is 6. The molecule has 0 bridgehead atoms. The highest BCUT2D eigenvalue weighted by Crippen LogP contribution is 2.19. The van der Waals surface area contributed by atoms with Crippen LogP contribution in [-0.4, -0.2) is 111 Å². The van der Waals surface area contributed by atoms with E-state index in [2.05, 4.69) is 15.1 Å². The van der Waals surface area contributed by atoms with Crippen molar-refractivity contribution in [1.29, 1.82) is 0 Å². The number of benzene rings is 1. The molecule has 9 nitrogen and oxygen atoms in total. The molecule has 2 aliphatic heterocycles. The van der Waals surface area contributed by atoms with Crippen molar-refractivity contribution in [3.63, 3.8) is 0 Å². The molecule has 3 fully saturated rings. The second-order valence-electron chi connectivity index (χ2n) is 8.63. The number of halogens is 1. The van der Waals surface area contributed by atoms with Crippen LogP contribution in [0.4, 0.5) is 4.39 Å². The molecule has 2 saturated heterocycles. The first-order valence-corrected chi connectivity index (χ1v) is 12.5. The SMILES string of the molecule is O=C(CN1CCN(CC(=O)N2CCN(S(=O)(=O)c3ccc(F)cc3)CC2)CC1)NC1CC1. The summed E-state index contributed by atoms with van der Waals surface area (Å²) in [6, 6.07) is 5.15. The highest BCUT2D eigenvalue weighted by molar-refractivity contribution is 7.89. The third-order valence-electron chi connectivity index (χ3n) is 6.18. The molecule has 1 saturated carbocycles. The average molecular weight is 468 g/mol. The van der Waals surface area contributed by atoms with E-state index in [-0.39, 0.29) is 29.8 Å². The summed E-state index contributed by atoms with van der Waals surface area (Å²) in [5, 5.41) is 3.00. The molecule has 0 aromatic heterocycles. The summed E-state index contributed by atoms with van der Waals surface area (Å²) in [7, 11) is -3.69. The van der Waals surface area contributed by atoms with E-state index in [0.717, 1.165) is 51.2 Å². The average Bonchev–Trinajstić information content (AvgIpc) is 3.59. The van der Waals surface area contributed by atoms with E-state index in [1.807, 2.05) is 0 Å². The van der Waals surface area contributed by atoms with Crippen LogP contribution < -0.4 is 5.32 Å². The summed E-state index contributed by atoms with van der Waals surface area (Å²) >= 11 is 0. The zero-order valence-corrected chi connectivity index (χ0v) is 18.9. The van der Waals surface area contributed by atoms with Gasteiger partial charge in [-0.1, -0.05) is 0 Å². The molecule has 1 aliphatic carbocycles. The zero-order valence-electron chi connectivity index (χ0n) is 18.1. The Kier molecular flexibility index (Phi) is 7.08. The Morgan fingerprint density at radius 2 is 1.44 bits per heavy atom. The minimum Gasteiger partial charge on any atom is -0.352 e. The minimum atomic E-state index is -3.69. The van der Waals surface area contributed by atoms with Crippen molar-refractivity contribution in [3.8, 4) is 0 Å². The van der Waals surface area contributed by atoms with E-state index in [1.54, 1.807) is 4.90 Å². The fraction of sp³-hybridized carbons (Fsp3) is 0.619. The summed E-state index contributed by atoms with van der Waals surface area (Å²) < 4.78 is 39.9. The molecule has 3 aliphatic rings. The Hall–Kier alpha value is -2.08. The van der Waals surface area contributed by atoms with E-state index in [9.17, 15) is 22.4 Å². The number of carbonyl (C=O) groups is 2. The van der Waals surface area contributed by atoms with E-state index >= 15 is 0 Å². The van der Waals surface area contributed by atoms with Crippen LogP contribution in [-0.2, 0) is 19.6 Å². The summed E-state index contributed by atoms with van der Waals surface area (Å²) in [6.07, 6.45) is 2.15. The molecule has 11 heteroatoms. The van der Waals surface area contributed by atoms with Crippen LogP contribution in [0.1, 0.15) is 12.8 Å². The van der Waals surface area contributed by atoms with Gasteiger partial charge in [-0.15, -0.1) is 0 Å². The summed E-state index contributed by atoms with van der Waals surface area (Å²) in [5.74, 6) is -0.420. The largest absolute Gasteiger partial charge is 0.352 e. The van der Waals surface area contributed by atoms with Gasteiger partial charge in [0.2, 0.25) is 21.8 Å². The smallest absolute Gasteiger partial charge is 0.243 e. The highest BCUT2D eigenvalue weighted by Gasteiger charge is 2.31. The quantitative estimate of drug-likeness (QED) is 0.584. The molecule has 0 atom stereocenters. The van der Waals surface area contributed by atoms with Gasteiger partial charge in [0.15, 0.2) is 0 Å². The lowest BCUT2D eigenvalue weighted by Gasteiger charge is -2.37.